The molecule has 37 heavy (non-hydrogen) atoms. The maximum absolute atomic E-state index is 13.6. The molecule has 0 spiro atoms. The molecule has 0 aromatic heterocycles. The molecule has 4 atom stereocenters. The van der Waals surface area contributed by atoms with E-state index in [-0.39, 0.29) is 29.7 Å². The normalized spacial score (nSPS) is 27.6. The third-order valence-corrected chi connectivity index (χ3v) is 7.74. The van der Waals surface area contributed by atoms with Gasteiger partial charge < -0.3 is 31.5 Å². The predicted octanol–water partition coefficient (Wildman–Crippen LogP) is 1.23. The molecule has 0 radical (unpaired) electrons. The molecule has 1 aromatic rings. The van der Waals surface area contributed by atoms with Gasteiger partial charge in [0.2, 0.25) is 11.7 Å². The SMILES string of the molecule is CN(C)[C@@H]1C(O)=C(C(N)=O)C(=O)[C@@]2(O)C(O)=C3C(=O)c4c(ccc(NC(=O)C(C)(C)Br)c4O)CC3CC12. The number of primary amides is 1. The molecular formula is C25H28BrN3O8. The summed E-state index contributed by atoms with van der Waals surface area (Å²) in [5.41, 5.74) is 1.74. The van der Waals surface area contributed by atoms with Crippen molar-refractivity contribution in [3.8, 4) is 5.75 Å². The number of aromatic hydroxyl groups is 1. The molecule has 0 heterocycles. The molecule has 0 saturated heterocycles. The van der Waals surface area contributed by atoms with E-state index < -0.39 is 74.0 Å². The zero-order valence-corrected chi connectivity index (χ0v) is 22.2. The van der Waals surface area contributed by atoms with Gasteiger partial charge in [-0.05, 0) is 58.3 Å². The number of fused-ring (bicyclic) bond motifs is 3. The lowest BCUT2D eigenvalue weighted by Crippen LogP contribution is -2.63. The number of rotatable bonds is 4. The van der Waals surface area contributed by atoms with E-state index >= 15 is 0 Å². The Balaban J connectivity index is 1.87. The largest absolute Gasteiger partial charge is 0.510 e. The second-order valence-electron chi connectivity index (χ2n) is 10.4. The first kappa shape index (κ1) is 26.8. The fourth-order valence-electron chi connectivity index (χ4n) is 5.60. The number of phenols is 1. The number of benzene rings is 1. The highest BCUT2D eigenvalue weighted by Crippen LogP contribution is 2.52. The lowest BCUT2D eigenvalue weighted by molar-refractivity contribution is -0.148. The number of nitrogens with one attached hydrogen (secondary N) is 1. The third-order valence-electron chi connectivity index (χ3n) is 7.38. The molecule has 11 nitrogen and oxygen atoms in total. The van der Waals surface area contributed by atoms with Gasteiger partial charge in [-0.1, -0.05) is 22.0 Å². The van der Waals surface area contributed by atoms with Crippen LogP contribution in [-0.4, -0.2) is 78.8 Å². The quantitative estimate of drug-likeness (QED) is 0.173. The summed E-state index contributed by atoms with van der Waals surface area (Å²) < 4.78 is -0.964. The van der Waals surface area contributed by atoms with Gasteiger partial charge in [0, 0.05) is 11.5 Å². The van der Waals surface area contributed by atoms with Crippen LogP contribution in [0.3, 0.4) is 0 Å². The lowest BCUT2D eigenvalue weighted by Gasteiger charge is -2.50. The molecule has 198 valence electrons. The van der Waals surface area contributed by atoms with Crippen molar-refractivity contribution in [2.45, 2.75) is 42.7 Å². The number of alkyl halides is 1. The van der Waals surface area contributed by atoms with Crippen molar-refractivity contribution < 1.29 is 39.6 Å². The highest BCUT2D eigenvalue weighted by molar-refractivity contribution is 9.10. The highest BCUT2D eigenvalue weighted by Gasteiger charge is 2.63. The number of ketones is 2. The fraction of sp³-hybridized carbons (Fsp3) is 0.440. The molecule has 0 fully saturated rings. The van der Waals surface area contributed by atoms with Crippen LogP contribution in [0.5, 0.6) is 5.75 Å². The van der Waals surface area contributed by atoms with Gasteiger partial charge in [0.15, 0.2) is 17.1 Å². The highest BCUT2D eigenvalue weighted by atomic mass is 79.9. The van der Waals surface area contributed by atoms with Crippen molar-refractivity contribution in [1.29, 1.82) is 0 Å². The number of anilines is 1. The van der Waals surface area contributed by atoms with E-state index in [2.05, 4.69) is 21.2 Å². The zero-order valence-electron chi connectivity index (χ0n) is 20.6. The first-order valence-electron chi connectivity index (χ1n) is 11.5. The third kappa shape index (κ3) is 3.85. The van der Waals surface area contributed by atoms with Crippen LogP contribution < -0.4 is 11.1 Å². The minimum Gasteiger partial charge on any atom is -0.510 e. The number of halogens is 1. The lowest BCUT2D eigenvalue weighted by atomic mass is 9.58. The number of aliphatic hydroxyl groups excluding tert-OH is 2. The van der Waals surface area contributed by atoms with E-state index in [4.69, 9.17) is 5.73 Å². The number of nitrogens with two attached hydrogens (primary N) is 1. The van der Waals surface area contributed by atoms with E-state index in [1.807, 2.05) is 0 Å². The van der Waals surface area contributed by atoms with Crippen molar-refractivity contribution in [1.82, 2.24) is 4.90 Å². The van der Waals surface area contributed by atoms with Crippen molar-refractivity contribution in [3.05, 3.63) is 45.9 Å². The first-order valence-corrected chi connectivity index (χ1v) is 12.3. The summed E-state index contributed by atoms with van der Waals surface area (Å²) in [5, 5.41) is 47.1. The number of amides is 2. The van der Waals surface area contributed by atoms with Gasteiger partial charge in [-0.2, -0.15) is 0 Å². The number of carbonyl (C=O) groups is 4. The number of hydrogen-bond donors (Lipinski definition) is 6. The van der Waals surface area contributed by atoms with Crippen LogP contribution >= 0.6 is 15.9 Å². The average Bonchev–Trinajstić information content (AvgIpc) is 2.77. The second kappa shape index (κ2) is 8.67. The van der Waals surface area contributed by atoms with Crippen LogP contribution in [0.2, 0.25) is 0 Å². The maximum atomic E-state index is 13.6. The first-order chi connectivity index (χ1) is 17.0. The van der Waals surface area contributed by atoms with Crippen LogP contribution in [0.4, 0.5) is 5.69 Å². The molecule has 0 bridgehead atoms. The Kier molecular flexibility index (Phi) is 6.29. The number of nitrogens with zero attached hydrogens (tertiary/aromatic N) is 1. The van der Waals surface area contributed by atoms with Gasteiger partial charge in [-0.15, -0.1) is 0 Å². The van der Waals surface area contributed by atoms with E-state index in [0.29, 0.717) is 5.56 Å². The standard InChI is InChI=1S/C25H28BrN3O8/c1-24(2,26)23(36)28-12-6-5-9-7-10-8-11-16(29(3)4)19(32)15(22(27)35)21(34)25(11,37)20(33)14(10)18(31)13(9)17(12)30/h5-6,10-11,16,30,32-33,37H,7-8H2,1-4H3,(H2,27,35)(H,28,36)/t10?,11?,16-,25-/m0/s1. The zero-order chi connectivity index (χ0) is 27.8. The van der Waals surface area contributed by atoms with Crippen LogP contribution in [0.1, 0.15) is 36.2 Å². The number of Topliss-reactive ketones (excluding diaryl/α,β-unsaturated/α-hetero) is 2. The van der Waals surface area contributed by atoms with Crippen molar-refractivity contribution >= 4 is 45.0 Å². The molecule has 3 aliphatic carbocycles. The molecule has 4 rings (SSSR count). The van der Waals surface area contributed by atoms with Crippen molar-refractivity contribution in [2.24, 2.45) is 17.6 Å². The van der Waals surface area contributed by atoms with Gasteiger partial charge in [-0.25, -0.2) is 0 Å². The van der Waals surface area contributed by atoms with Gasteiger partial charge in [-0.3, -0.25) is 24.1 Å². The summed E-state index contributed by atoms with van der Waals surface area (Å²) in [6.07, 6.45) is 0.170. The molecule has 3 aliphatic rings. The van der Waals surface area contributed by atoms with E-state index in [0.717, 1.165) is 0 Å². The summed E-state index contributed by atoms with van der Waals surface area (Å²) >= 11 is 3.23. The van der Waals surface area contributed by atoms with E-state index in [1.54, 1.807) is 34.0 Å². The van der Waals surface area contributed by atoms with E-state index in [9.17, 15) is 39.6 Å². The number of phenolic OH excluding ortho intramolecular Hbond substituents is 1. The van der Waals surface area contributed by atoms with Gasteiger partial charge in [0.1, 0.15) is 17.1 Å². The summed E-state index contributed by atoms with van der Waals surface area (Å²) in [7, 11) is 3.13. The Hall–Kier alpha value is -3.22. The van der Waals surface area contributed by atoms with Crippen LogP contribution in [0.15, 0.2) is 34.8 Å². The van der Waals surface area contributed by atoms with Gasteiger partial charge in [0.05, 0.1) is 21.6 Å². The number of likely N-dealkylation sites (N-methyl/N-ethyl adjacent to an activating group) is 1. The summed E-state index contributed by atoms with van der Waals surface area (Å²) in [5.74, 6) is -7.71. The number of hydrogen-bond acceptors (Lipinski definition) is 9. The predicted molar refractivity (Wildman–Crippen MR) is 135 cm³/mol. The minimum absolute atomic E-state index is 0.00277. The van der Waals surface area contributed by atoms with Gasteiger partial charge >= 0.3 is 0 Å². The maximum Gasteiger partial charge on any atom is 0.255 e. The molecule has 2 amide bonds. The van der Waals surface area contributed by atoms with Crippen molar-refractivity contribution in [3.63, 3.8) is 0 Å². The molecule has 2 unspecified atom stereocenters. The summed E-state index contributed by atoms with van der Waals surface area (Å²) in [6.45, 7) is 3.20. The number of allylic oxidation sites excluding steroid dienone is 1. The molecule has 12 heteroatoms. The minimum atomic E-state index is -2.70. The van der Waals surface area contributed by atoms with Gasteiger partial charge in [0.25, 0.3) is 5.91 Å². The van der Waals surface area contributed by atoms with E-state index in [1.165, 1.54) is 11.0 Å². The van der Waals surface area contributed by atoms with Crippen LogP contribution in [0.25, 0.3) is 0 Å². The Morgan fingerprint density at radius 1 is 1.19 bits per heavy atom. The number of carbonyl (C=O) groups excluding carboxylic acids is 4. The Morgan fingerprint density at radius 3 is 2.35 bits per heavy atom. The Bertz CT molecular complexity index is 1330. The monoisotopic (exact) mass is 577 g/mol. The smallest absolute Gasteiger partial charge is 0.255 e. The summed E-state index contributed by atoms with van der Waals surface area (Å²) in [4.78, 5) is 52.9. The Morgan fingerprint density at radius 2 is 1.81 bits per heavy atom. The molecule has 1 aromatic carbocycles. The molecular weight excluding hydrogens is 550 g/mol. The molecule has 0 saturated carbocycles. The number of aliphatic hydroxyl groups is 3. The average molecular weight is 578 g/mol. The molecule has 7 N–H and O–H groups in total. The Labute approximate surface area is 220 Å². The van der Waals surface area contributed by atoms with Crippen LogP contribution in [-0.2, 0) is 20.8 Å². The topological polar surface area (TPSA) is 190 Å². The molecule has 0 aliphatic heterocycles. The second-order valence-corrected chi connectivity index (χ2v) is 12.4. The fourth-order valence-corrected chi connectivity index (χ4v) is 5.70. The summed E-state index contributed by atoms with van der Waals surface area (Å²) in [6, 6.07) is 1.99. The van der Waals surface area contributed by atoms with Crippen LogP contribution in [0, 0.1) is 11.8 Å². The van der Waals surface area contributed by atoms with Crippen molar-refractivity contribution in [2.75, 3.05) is 19.4 Å².